The topological polar surface area (TPSA) is 63.6 Å². The highest BCUT2D eigenvalue weighted by Gasteiger charge is 2.20. The molecule has 0 rings (SSSR count). The van der Waals surface area contributed by atoms with Gasteiger partial charge in [0.05, 0.1) is 6.61 Å². The Bertz CT molecular complexity index is 172. The molecule has 0 aromatic rings. The van der Waals surface area contributed by atoms with Crippen LogP contribution in [0.25, 0.3) is 0 Å². The molecule has 0 aromatic heterocycles. The third-order valence-electron chi connectivity index (χ3n) is 0.953. The summed E-state index contributed by atoms with van der Waals surface area (Å²) < 4.78 is 33.8. The van der Waals surface area contributed by atoms with E-state index in [0.29, 0.717) is 0 Å². The van der Waals surface area contributed by atoms with Crippen molar-refractivity contribution in [2.75, 3.05) is 0 Å². The Morgan fingerprint density at radius 3 is 2.30 bits per heavy atom. The first-order valence-corrected chi connectivity index (χ1v) is 4.42. The van der Waals surface area contributed by atoms with Gasteiger partial charge in [0.1, 0.15) is 0 Å². The number of rotatable bonds is 4. The molecule has 1 radical (unpaired) electrons. The summed E-state index contributed by atoms with van der Waals surface area (Å²) in [6.45, 7) is 4.40. The zero-order valence-corrected chi connectivity index (χ0v) is 6.76. The van der Waals surface area contributed by atoms with Crippen LogP contribution in [0, 0.1) is 6.61 Å². The monoisotopic (exact) mass is 167 g/mol. The molecule has 0 saturated heterocycles. The van der Waals surface area contributed by atoms with Crippen molar-refractivity contribution in [3.8, 4) is 0 Å². The second-order valence-electron chi connectivity index (χ2n) is 1.72. The maximum atomic E-state index is 10.4. The molecule has 5 heteroatoms. The Balaban J connectivity index is 4.08. The lowest BCUT2D eigenvalue weighted by molar-refractivity contribution is 0.157. The zero-order valence-electron chi connectivity index (χ0n) is 5.94. The molecule has 0 bridgehead atoms. The summed E-state index contributed by atoms with van der Waals surface area (Å²) in [4.78, 5) is 0. The molecule has 0 heterocycles. The van der Waals surface area contributed by atoms with Gasteiger partial charge in [-0.25, -0.2) is 0 Å². The number of hydrogen-bond donors (Lipinski definition) is 1. The van der Waals surface area contributed by atoms with Gasteiger partial charge in [-0.3, -0.25) is 4.55 Å². The van der Waals surface area contributed by atoms with Crippen LogP contribution in [0.2, 0.25) is 0 Å². The molecular formula is C5H11O4S. The van der Waals surface area contributed by atoms with Gasteiger partial charge in [0, 0.05) is 0 Å². The summed E-state index contributed by atoms with van der Waals surface area (Å²) in [5.41, 5.74) is -1.11. The fourth-order valence-electron chi connectivity index (χ4n) is 0.529. The van der Waals surface area contributed by atoms with Crippen molar-refractivity contribution in [3.05, 3.63) is 6.61 Å². The van der Waals surface area contributed by atoms with Crippen molar-refractivity contribution in [3.63, 3.8) is 0 Å². The van der Waals surface area contributed by atoms with Gasteiger partial charge in [-0.05, 0) is 13.3 Å². The largest absolute Gasteiger partial charge is 0.354 e. The molecule has 0 saturated carbocycles. The predicted octanol–water partition coefficient (Wildman–Crippen LogP) is 0.809. The van der Waals surface area contributed by atoms with E-state index in [0.717, 1.165) is 0 Å². The van der Waals surface area contributed by atoms with Gasteiger partial charge in [0.15, 0.2) is 5.44 Å². The smallest absolute Gasteiger partial charge is 0.292 e. The maximum absolute atomic E-state index is 10.4. The Hall–Kier alpha value is -0.130. The fourth-order valence-corrected chi connectivity index (χ4v) is 1.20. The van der Waals surface area contributed by atoms with Crippen LogP contribution in [0.3, 0.4) is 0 Å². The van der Waals surface area contributed by atoms with E-state index in [-0.39, 0.29) is 6.42 Å². The minimum Gasteiger partial charge on any atom is -0.354 e. The Kier molecular flexibility index (Phi) is 3.85. The van der Waals surface area contributed by atoms with E-state index in [4.69, 9.17) is 4.55 Å². The molecular weight excluding hydrogens is 156 g/mol. The third kappa shape index (κ3) is 3.14. The van der Waals surface area contributed by atoms with Crippen LogP contribution in [0.5, 0.6) is 0 Å². The molecule has 61 valence electrons. The average Bonchev–Trinajstić information content (AvgIpc) is 1.80. The molecule has 10 heavy (non-hydrogen) atoms. The van der Waals surface area contributed by atoms with Crippen molar-refractivity contribution >= 4 is 10.1 Å². The Labute approximate surface area is 60.9 Å². The first kappa shape index (κ1) is 9.87. The van der Waals surface area contributed by atoms with Gasteiger partial charge in [-0.15, -0.1) is 0 Å². The molecule has 1 N–H and O–H groups in total. The highest BCUT2D eigenvalue weighted by Crippen LogP contribution is 2.05. The van der Waals surface area contributed by atoms with Crippen LogP contribution in [-0.2, 0) is 14.9 Å². The maximum Gasteiger partial charge on any atom is 0.292 e. The van der Waals surface area contributed by atoms with E-state index in [9.17, 15) is 8.42 Å². The first-order chi connectivity index (χ1) is 4.52. The summed E-state index contributed by atoms with van der Waals surface area (Å²) in [6.07, 6.45) is 0.239. The molecule has 0 aliphatic carbocycles. The van der Waals surface area contributed by atoms with E-state index in [1.54, 1.807) is 13.8 Å². The number of ether oxygens (including phenoxy) is 1. The van der Waals surface area contributed by atoms with Crippen molar-refractivity contribution in [2.45, 2.75) is 25.7 Å². The van der Waals surface area contributed by atoms with E-state index < -0.39 is 15.6 Å². The van der Waals surface area contributed by atoms with E-state index in [2.05, 4.69) is 4.74 Å². The van der Waals surface area contributed by atoms with Gasteiger partial charge in [0.25, 0.3) is 10.1 Å². The van der Waals surface area contributed by atoms with Crippen molar-refractivity contribution in [1.29, 1.82) is 0 Å². The van der Waals surface area contributed by atoms with Gasteiger partial charge in [-0.1, -0.05) is 6.92 Å². The minimum absolute atomic E-state index is 0.239. The molecule has 1 atom stereocenters. The predicted molar refractivity (Wildman–Crippen MR) is 36.7 cm³/mol. The molecule has 4 nitrogen and oxygen atoms in total. The summed E-state index contributed by atoms with van der Waals surface area (Å²) in [5, 5.41) is 0. The van der Waals surface area contributed by atoms with Crippen molar-refractivity contribution < 1.29 is 17.7 Å². The van der Waals surface area contributed by atoms with Gasteiger partial charge < -0.3 is 4.74 Å². The first-order valence-electron chi connectivity index (χ1n) is 2.92. The van der Waals surface area contributed by atoms with Crippen LogP contribution in [0.4, 0.5) is 0 Å². The highest BCUT2D eigenvalue weighted by atomic mass is 32.2. The van der Waals surface area contributed by atoms with Crippen LogP contribution >= 0.6 is 0 Å². The van der Waals surface area contributed by atoms with Gasteiger partial charge >= 0.3 is 0 Å². The number of hydrogen-bond acceptors (Lipinski definition) is 3. The van der Waals surface area contributed by atoms with E-state index in [1.807, 2.05) is 0 Å². The van der Waals surface area contributed by atoms with Crippen LogP contribution in [0.1, 0.15) is 20.3 Å². The normalized spacial score (nSPS) is 15.1. The van der Waals surface area contributed by atoms with E-state index >= 15 is 0 Å². The second kappa shape index (κ2) is 3.90. The summed E-state index contributed by atoms with van der Waals surface area (Å²) in [5.74, 6) is 0. The lowest BCUT2D eigenvalue weighted by Gasteiger charge is -2.09. The summed E-state index contributed by atoms with van der Waals surface area (Å²) in [6, 6.07) is 0. The average molecular weight is 167 g/mol. The standard InChI is InChI=1S/C5H11O4S/c1-3-5(9-4-2)10(6,7)8/h4-5H,3H2,1-2H3,(H,6,7,8). The Morgan fingerprint density at radius 1 is 1.70 bits per heavy atom. The second-order valence-corrected chi connectivity index (χ2v) is 3.28. The molecule has 0 spiro atoms. The van der Waals surface area contributed by atoms with Crippen LogP contribution in [0.15, 0.2) is 0 Å². The quantitative estimate of drug-likeness (QED) is 0.629. The Morgan fingerprint density at radius 2 is 2.20 bits per heavy atom. The molecule has 0 amide bonds. The van der Waals surface area contributed by atoms with Crippen LogP contribution in [-0.4, -0.2) is 18.4 Å². The van der Waals surface area contributed by atoms with Crippen molar-refractivity contribution in [2.24, 2.45) is 0 Å². The lowest BCUT2D eigenvalue weighted by atomic mass is 10.5. The molecule has 0 aromatic carbocycles. The van der Waals surface area contributed by atoms with Gasteiger partial charge in [-0.2, -0.15) is 8.42 Å². The third-order valence-corrected chi connectivity index (χ3v) is 2.06. The summed E-state index contributed by atoms with van der Waals surface area (Å²) >= 11 is 0. The van der Waals surface area contributed by atoms with E-state index in [1.165, 1.54) is 6.61 Å². The lowest BCUT2D eigenvalue weighted by Crippen LogP contribution is -2.21. The molecule has 0 aliphatic heterocycles. The van der Waals surface area contributed by atoms with Crippen molar-refractivity contribution in [1.82, 2.24) is 0 Å². The minimum atomic E-state index is -4.03. The highest BCUT2D eigenvalue weighted by molar-refractivity contribution is 7.86. The molecule has 1 unspecified atom stereocenters. The van der Waals surface area contributed by atoms with Crippen LogP contribution < -0.4 is 0 Å². The fraction of sp³-hybridized carbons (Fsp3) is 0.800. The summed E-state index contributed by atoms with van der Waals surface area (Å²) in [7, 11) is -4.03. The zero-order chi connectivity index (χ0) is 8.20. The molecule has 0 aliphatic rings. The SMILES string of the molecule is C[CH]OC(CC)S(=O)(=O)O. The van der Waals surface area contributed by atoms with Gasteiger partial charge in [0.2, 0.25) is 0 Å². The molecule has 0 fully saturated rings.